The van der Waals surface area contributed by atoms with E-state index in [0.717, 1.165) is 12.8 Å². The molecule has 0 rings (SSSR count). The molecule has 0 saturated heterocycles. The molecule has 80 valence electrons. The second kappa shape index (κ2) is 5.84. The topological polar surface area (TPSA) is 29.5 Å². The molecule has 0 aliphatic rings. The van der Waals surface area contributed by atoms with Gasteiger partial charge in [-0.15, -0.1) is 11.6 Å². The van der Waals surface area contributed by atoms with Gasteiger partial charge in [-0.2, -0.15) is 0 Å². The fraction of sp³-hybridized carbons (Fsp3) is 1.00. The summed E-state index contributed by atoms with van der Waals surface area (Å²) in [5.41, 5.74) is -0.128. The first-order chi connectivity index (χ1) is 6.00. The zero-order valence-electron chi connectivity index (χ0n) is 9.01. The first-order valence-electron chi connectivity index (χ1n) is 4.77. The number of aliphatic hydroxyl groups excluding tert-OH is 1. The second-order valence-electron chi connectivity index (χ2n) is 3.93. The number of aliphatic hydroxyl groups is 1. The third-order valence-electron chi connectivity index (χ3n) is 2.91. The minimum absolute atomic E-state index is 0.128. The lowest BCUT2D eigenvalue weighted by Crippen LogP contribution is -2.36. The number of ether oxygens (including phenoxy) is 1. The van der Waals surface area contributed by atoms with Crippen molar-refractivity contribution in [1.82, 2.24) is 0 Å². The van der Waals surface area contributed by atoms with Crippen molar-refractivity contribution in [3.8, 4) is 0 Å². The summed E-state index contributed by atoms with van der Waals surface area (Å²) >= 11 is 5.65. The minimum atomic E-state index is -0.447. The number of halogens is 1. The number of hydrogen-bond acceptors (Lipinski definition) is 2. The molecule has 0 aromatic rings. The van der Waals surface area contributed by atoms with Crippen molar-refractivity contribution in [2.24, 2.45) is 5.41 Å². The lowest BCUT2D eigenvalue weighted by Gasteiger charge is -2.34. The summed E-state index contributed by atoms with van der Waals surface area (Å²) in [4.78, 5) is 0. The van der Waals surface area contributed by atoms with Crippen LogP contribution in [0.1, 0.15) is 33.6 Å². The monoisotopic (exact) mass is 208 g/mol. The zero-order chi connectivity index (χ0) is 10.5. The average molecular weight is 209 g/mol. The van der Waals surface area contributed by atoms with Gasteiger partial charge in [-0.25, -0.2) is 0 Å². The Morgan fingerprint density at radius 3 is 2.38 bits per heavy atom. The van der Waals surface area contributed by atoms with Crippen LogP contribution >= 0.6 is 11.6 Å². The molecule has 1 N–H and O–H groups in total. The summed E-state index contributed by atoms with van der Waals surface area (Å²) in [5.74, 6) is 0.292. The Labute approximate surface area is 86.2 Å². The van der Waals surface area contributed by atoms with Crippen molar-refractivity contribution in [3.05, 3.63) is 0 Å². The van der Waals surface area contributed by atoms with Crippen LogP contribution < -0.4 is 0 Å². The van der Waals surface area contributed by atoms with Crippen LogP contribution in [0.2, 0.25) is 0 Å². The molecular weight excluding hydrogens is 188 g/mol. The van der Waals surface area contributed by atoms with Crippen molar-refractivity contribution >= 4 is 11.6 Å². The second-order valence-corrected chi connectivity index (χ2v) is 4.24. The van der Waals surface area contributed by atoms with Gasteiger partial charge in [-0.3, -0.25) is 0 Å². The number of alkyl halides is 1. The maximum absolute atomic E-state index is 9.73. The van der Waals surface area contributed by atoms with Crippen LogP contribution in [0.5, 0.6) is 0 Å². The molecule has 3 unspecified atom stereocenters. The Bertz CT molecular complexity index is 141. The van der Waals surface area contributed by atoms with E-state index in [9.17, 15) is 5.11 Å². The van der Waals surface area contributed by atoms with Gasteiger partial charge < -0.3 is 9.84 Å². The van der Waals surface area contributed by atoms with Crippen LogP contribution in [0.4, 0.5) is 0 Å². The fourth-order valence-electron chi connectivity index (χ4n) is 1.44. The molecule has 0 aliphatic carbocycles. The minimum Gasteiger partial charge on any atom is -0.391 e. The van der Waals surface area contributed by atoms with Gasteiger partial charge in [-0.05, 0) is 25.2 Å². The molecule has 0 aliphatic heterocycles. The SMILES string of the molecule is CCC(C)(CC(C)OC)C(O)CCl. The fourth-order valence-corrected chi connectivity index (χ4v) is 1.81. The van der Waals surface area contributed by atoms with Crippen molar-refractivity contribution in [3.63, 3.8) is 0 Å². The summed E-state index contributed by atoms with van der Waals surface area (Å²) in [7, 11) is 1.69. The van der Waals surface area contributed by atoms with Crippen LogP contribution in [0, 0.1) is 5.41 Å². The predicted octanol–water partition coefficient (Wildman–Crippen LogP) is 2.43. The van der Waals surface area contributed by atoms with Crippen molar-refractivity contribution in [2.45, 2.75) is 45.8 Å². The summed E-state index contributed by atoms with van der Waals surface area (Å²) in [6.07, 6.45) is 1.47. The Morgan fingerprint density at radius 2 is 2.08 bits per heavy atom. The molecule has 0 aromatic heterocycles. The lowest BCUT2D eigenvalue weighted by atomic mass is 9.77. The highest BCUT2D eigenvalue weighted by Gasteiger charge is 2.32. The molecule has 2 nitrogen and oxygen atoms in total. The quantitative estimate of drug-likeness (QED) is 0.680. The maximum Gasteiger partial charge on any atom is 0.0729 e. The maximum atomic E-state index is 9.73. The van der Waals surface area contributed by atoms with Gasteiger partial charge in [0.05, 0.1) is 12.2 Å². The van der Waals surface area contributed by atoms with Crippen LogP contribution in [0.3, 0.4) is 0 Å². The predicted molar refractivity (Wildman–Crippen MR) is 56.2 cm³/mol. The summed E-state index contributed by atoms with van der Waals surface area (Å²) in [6.45, 7) is 6.13. The number of rotatable bonds is 6. The molecule has 3 heteroatoms. The summed E-state index contributed by atoms with van der Waals surface area (Å²) in [5, 5.41) is 9.73. The standard InChI is InChI=1S/C10H21ClO2/c1-5-10(3,9(12)7-11)6-8(2)13-4/h8-9,12H,5-7H2,1-4H3. The molecular formula is C10H21ClO2. The van der Waals surface area contributed by atoms with Crippen LogP contribution in [0.15, 0.2) is 0 Å². The highest BCUT2D eigenvalue weighted by atomic mass is 35.5. The van der Waals surface area contributed by atoms with Gasteiger partial charge in [0.2, 0.25) is 0 Å². The van der Waals surface area contributed by atoms with E-state index in [0.29, 0.717) is 5.88 Å². The molecule has 3 atom stereocenters. The molecule has 0 amide bonds. The molecule has 0 aromatic carbocycles. The molecule has 0 bridgehead atoms. The van der Waals surface area contributed by atoms with Crippen LogP contribution in [0.25, 0.3) is 0 Å². The highest BCUT2D eigenvalue weighted by molar-refractivity contribution is 6.18. The molecule has 0 spiro atoms. The first-order valence-corrected chi connectivity index (χ1v) is 5.30. The summed E-state index contributed by atoms with van der Waals surface area (Å²) < 4.78 is 5.19. The molecule has 0 radical (unpaired) electrons. The average Bonchev–Trinajstić information content (AvgIpc) is 2.15. The number of hydrogen-bond donors (Lipinski definition) is 1. The number of methoxy groups -OCH3 is 1. The van der Waals surface area contributed by atoms with E-state index >= 15 is 0 Å². The van der Waals surface area contributed by atoms with E-state index in [4.69, 9.17) is 16.3 Å². The van der Waals surface area contributed by atoms with Crippen LogP contribution in [-0.2, 0) is 4.74 Å². The Morgan fingerprint density at radius 1 is 1.54 bits per heavy atom. The first kappa shape index (κ1) is 13.2. The normalized spacial score (nSPS) is 20.8. The van der Waals surface area contributed by atoms with Gasteiger partial charge in [0.15, 0.2) is 0 Å². The van der Waals surface area contributed by atoms with E-state index in [-0.39, 0.29) is 11.5 Å². The van der Waals surface area contributed by atoms with Crippen molar-refractivity contribution < 1.29 is 9.84 Å². The highest BCUT2D eigenvalue weighted by Crippen LogP contribution is 2.32. The van der Waals surface area contributed by atoms with E-state index in [1.165, 1.54) is 0 Å². The lowest BCUT2D eigenvalue weighted by molar-refractivity contribution is -0.00231. The Balaban J connectivity index is 4.26. The van der Waals surface area contributed by atoms with E-state index in [1.807, 2.05) is 6.92 Å². The molecule has 0 saturated carbocycles. The summed E-state index contributed by atoms with van der Waals surface area (Å²) in [6, 6.07) is 0. The largest absolute Gasteiger partial charge is 0.391 e. The van der Waals surface area contributed by atoms with E-state index in [2.05, 4.69) is 13.8 Å². The molecule has 0 fully saturated rings. The third-order valence-corrected chi connectivity index (χ3v) is 3.21. The smallest absolute Gasteiger partial charge is 0.0729 e. The van der Waals surface area contributed by atoms with Crippen LogP contribution in [-0.4, -0.2) is 30.3 Å². The van der Waals surface area contributed by atoms with Gasteiger partial charge in [0, 0.05) is 13.0 Å². The third kappa shape index (κ3) is 3.84. The van der Waals surface area contributed by atoms with Gasteiger partial charge >= 0.3 is 0 Å². The van der Waals surface area contributed by atoms with Gasteiger partial charge in [0.25, 0.3) is 0 Å². The zero-order valence-corrected chi connectivity index (χ0v) is 9.77. The Hall–Kier alpha value is 0.210. The molecule has 0 heterocycles. The van der Waals surface area contributed by atoms with Gasteiger partial charge in [-0.1, -0.05) is 13.8 Å². The Kier molecular flexibility index (Phi) is 5.93. The van der Waals surface area contributed by atoms with Gasteiger partial charge in [0.1, 0.15) is 0 Å². The molecule has 13 heavy (non-hydrogen) atoms. The van der Waals surface area contributed by atoms with E-state index < -0.39 is 6.10 Å². The van der Waals surface area contributed by atoms with Crippen molar-refractivity contribution in [1.29, 1.82) is 0 Å². The van der Waals surface area contributed by atoms with E-state index in [1.54, 1.807) is 7.11 Å². The van der Waals surface area contributed by atoms with Crippen molar-refractivity contribution in [2.75, 3.05) is 13.0 Å².